The first-order valence-electron chi connectivity index (χ1n) is 16.4. The second-order valence-electron chi connectivity index (χ2n) is 14.0. The van der Waals surface area contributed by atoms with Crippen LogP contribution in [0.3, 0.4) is 0 Å². The minimum Gasteiger partial charge on any atom is -0.358 e. The van der Waals surface area contributed by atoms with E-state index in [1.165, 1.54) is 85.4 Å². The molecule has 5 aromatic rings. The molecule has 2 aliphatic rings. The Bertz CT molecular complexity index is 1690. The Morgan fingerprint density at radius 3 is 1.64 bits per heavy atom. The maximum absolute atomic E-state index is 3.88. The number of fused-ring (bicyclic) bond motifs is 3. The molecule has 0 atom stereocenters. The van der Waals surface area contributed by atoms with Gasteiger partial charge in [0.1, 0.15) is 0 Å². The number of hydrogen-bond acceptors (Lipinski definition) is 0. The number of rotatable bonds is 2. The molecule has 0 amide bonds. The van der Waals surface area contributed by atoms with Crippen LogP contribution in [-0.4, -0.2) is 4.21 Å². The van der Waals surface area contributed by atoms with Gasteiger partial charge >= 0.3 is 28.4 Å². The van der Waals surface area contributed by atoms with E-state index in [0.29, 0.717) is 0 Å². The number of halogens is 2. The summed E-state index contributed by atoms with van der Waals surface area (Å²) in [4.78, 5) is 0. The Morgan fingerprint density at radius 1 is 0.660 bits per heavy atom. The van der Waals surface area contributed by atoms with Gasteiger partial charge in [0.15, 0.2) is 0 Å². The molecule has 7 rings (SSSR count). The fourth-order valence-corrected chi connectivity index (χ4v) is 5.91. The molecule has 262 valence electrons. The topological polar surface area (TPSA) is 0 Å². The molecule has 0 N–H and O–H groups in total. The summed E-state index contributed by atoms with van der Waals surface area (Å²) in [5.74, 6) is 0. The van der Waals surface area contributed by atoms with Crippen LogP contribution in [0.4, 0.5) is 0 Å². The van der Waals surface area contributed by atoms with Gasteiger partial charge in [0.25, 0.3) is 0 Å². The van der Waals surface area contributed by atoms with Crippen LogP contribution in [0.5, 0.6) is 0 Å². The van der Waals surface area contributed by atoms with Gasteiger partial charge in [-0.3, -0.25) is 6.08 Å². The van der Waals surface area contributed by atoms with Gasteiger partial charge < -0.3 is 7.43 Å². The van der Waals surface area contributed by atoms with Crippen molar-refractivity contribution in [3.05, 3.63) is 175 Å². The summed E-state index contributed by atoms with van der Waals surface area (Å²) in [6, 6.07) is 43.6. The van der Waals surface area contributed by atoms with Crippen molar-refractivity contribution in [2.45, 2.75) is 72.1 Å². The zero-order valence-electron chi connectivity index (χ0n) is 31.0. The van der Waals surface area contributed by atoms with Gasteiger partial charge in [-0.2, -0.15) is 42.0 Å². The first kappa shape index (κ1) is 44.9. The van der Waals surface area contributed by atoms with Crippen molar-refractivity contribution in [2.24, 2.45) is 0 Å². The van der Waals surface area contributed by atoms with E-state index in [1.54, 1.807) is 0 Å². The second kappa shape index (κ2) is 20.7. The quantitative estimate of drug-likeness (QED) is 0.154. The maximum Gasteiger partial charge on any atom is -0.358 e. The van der Waals surface area contributed by atoms with E-state index in [0.717, 1.165) is 12.8 Å². The van der Waals surface area contributed by atoms with Crippen LogP contribution >= 0.6 is 24.8 Å². The molecule has 0 radical (unpaired) electrons. The molecule has 0 aliphatic heterocycles. The molecule has 50 heavy (non-hydrogen) atoms. The third-order valence-corrected chi connectivity index (χ3v) is 8.29. The van der Waals surface area contributed by atoms with E-state index in [2.05, 4.69) is 156 Å². The molecule has 0 aromatic heterocycles. The van der Waals surface area contributed by atoms with Crippen molar-refractivity contribution in [1.29, 1.82) is 0 Å². The summed E-state index contributed by atoms with van der Waals surface area (Å²) in [6.07, 6.45) is 10.9. The van der Waals surface area contributed by atoms with Gasteiger partial charge in [-0.05, 0) is 39.5 Å². The molecular formula is C47H52Cl2Zr-4. The van der Waals surface area contributed by atoms with E-state index in [4.69, 9.17) is 0 Å². The fourth-order valence-electron chi connectivity index (χ4n) is 5.91. The van der Waals surface area contributed by atoms with Gasteiger partial charge in [-0.1, -0.05) is 138 Å². The zero-order chi connectivity index (χ0) is 34.0. The molecule has 2 aliphatic carbocycles. The Labute approximate surface area is 331 Å². The zero-order valence-corrected chi connectivity index (χ0v) is 35.1. The normalized spacial score (nSPS) is 11.6. The standard InChI is InChI=1S/C33H33.C7H7.C5H5.CH3.CH2.2ClH.Zr/c1-32(2,3)30-20-26-24(18-28(30)22-13-9-7-10-14-22)17-25-19-29(23-15-11-8-12-16-23)31(21-27(25)26)33(4,5)6;1-7-5-3-2-4-6-7;1-2-4-5-3-1;;;;;/h7-16,18,20-21H,17H2,1-6H3;3-6H,1H3;1-3H,4H2;1H3;1H2;2*1H;/q4*-1;;;;. The summed E-state index contributed by atoms with van der Waals surface area (Å²) in [5.41, 5.74) is 14.8. The minimum atomic E-state index is 0. The van der Waals surface area contributed by atoms with Crippen molar-refractivity contribution < 1.29 is 24.2 Å². The Hall–Kier alpha value is -3.09. The Kier molecular flexibility index (Phi) is 18.6. The molecule has 0 heterocycles. The van der Waals surface area contributed by atoms with E-state index in [-0.39, 0.29) is 43.1 Å². The largest absolute Gasteiger partial charge is 0.358 e. The minimum absolute atomic E-state index is 0. The summed E-state index contributed by atoms with van der Waals surface area (Å²) < 4.78 is 3.34. The first-order valence-corrected chi connectivity index (χ1v) is 18.1. The van der Waals surface area contributed by atoms with Gasteiger partial charge in [0, 0.05) is 0 Å². The summed E-state index contributed by atoms with van der Waals surface area (Å²) in [7, 11) is 0. The van der Waals surface area contributed by atoms with Crippen LogP contribution in [0.25, 0.3) is 33.4 Å². The van der Waals surface area contributed by atoms with Gasteiger partial charge in [0.05, 0.1) is 0 Å². The van der Waals surface area contributed by atoms with Crippen LogP contribution in [0.1, 0.15) is 75.8 Å². The van der Waals surface area contributed by atoms with Crippen LogP contribution in [0.2, 0.25) is 0 Å². The Morgan fingerprint density at radius 2 is 1.20 bits per heavy atom. The SMILES string of the molecule is CC(C)(C)c1cc2c([c-]c1-c1ccccc1)Cc1cc(-c3ccccc3)c(C(C)(C)C)cc1-2.Cc1cc[c-]cc1.Cl.Cl.[C-]1=CC=CC1.[CH2]=[Zr].[CH3-]. The number of allylic oxidation sites excluding steroid dienone is 4. The summed E-state index contributed by atoms with van der Waals surface area (Å²) in [6.45, 7) is 16.0. The van der Waals surface area contributed by atoms with Crippen LogP contribution in [0, 0.1) is 32.6 Å². The third kappa shape index (κ3) is 11.7. The van der Waals surface area contributed by atoms with Gasteiger partial charge in [0.2, 0.25) is 0 Å². The molecule has 0 unspecified atom stereocenters. The average Bonchev–Trinajstić information content (AvgIpc) is 3.77. The summed E-state index contributed by atoms with van der Waals surface area (Å²) in [5, 5.41) is 0. The molecular weight excluding hydrogens is 727 g/mol. The second-order valence-corrected chi connectivity index (χ2v) is 14.0. The smallest absolute Gasteiger partial charge is 0.358 e. The van der Waals surface area contributed by atoms with Crippen LogP contribution < -0.4 is 0 Å². The van der Waals surface area contributed by atoms with Crippen molar-refractivity contribution in [2.75, 3.05) is 0 Å². The average molecular weight is 779 g/mol. The van der Waals surface area contributed by atoms with Gasteiger partial charge in [-0.25, -0.2) is 12.2 Å². The van der Waals surface area contributed by atoms with E-state index in [9.17, 15) is 0 Å². The molecule has 3 heteroatoms. The van der Waals surface area contributed by atoms with Crippen molar-refractivity contribution in [3.63, 3.8) is 0 Å². The molecule has 0 saturated carbocycles. The third-order valence-electron chi connectivity index (χ3n) is 8.29. The summed E-state index contributed by atoms with van der Waals surface area (Å²) >= 11 is 1.30. The van der Waals surface area contributed by atoms with Gasteiger partial charge in [-0.15, -0.1) is 60.1 Å². The fraction of sp³-hybridized carbons (Fsp3) is 0.234. The number of benzene rings is 5. The van der Waals surface area contributed by atoms with E-state index < -0.39 is 0 Å². The van der Waals surface area contributed by atoms with Crippen molar-refractivity contribution in [1.82, 2.24) is 0 Å². The van der Waals surface area contributed by atoms with Crippen molar-refractivity contribution >= 4 is 29.0 Å². The van der Waals surface area contributed by atoms with E-state index in [1.807, 2.05) is 36.4 Å². The molecule has 0 spiro atoms. The molecule has 0 saturated heterocycles. The molecule has 0 bridgehead atoms. The van der Waals surface area contributed by atoms with E-state index >= 15 is 0 Å². The first-order chi connectivity index (χ1) is 22.5. The van der Waals surface area contributed by atoms with Crippen molar-refractivity contribution in [3.8, 4) is 33.4 Å². The van der Waals surface area contributed by atoms with Crippen LogP contribution in [-0.2, 0) is 41.5 Å². The predicted molar refractivity (Wildman–Crippen MR) is 221 cm³/mol. The predicted octanol–water partition coefficient (Wildman–Crippen LogP) is 13.3. The number of hydrogen-bond donors (Lipinski definition) is 0. The maximum atomic E-state index is 3.88. The molecule has 0 nitrogen and oxygen atoms in total. The number of aryl methyl sites for hydroxylation is 1. The molecule has 0 fully saturated rings. The molecule has 5 aromatic carbocycles. The monoisotopic (exact) mass is 776 g/mol. The van der Waals surface area contributed by atoms with Crippen LogP contribution in [0.15, 0.2) is 121 Å². The Balaban J connectivity index is 0.000000618.